The van der Waals surface area contributed by atoms with E-state index < -0.39 is 0 Å². The smallest absolute Gasteiger partial charge is 0.199 e. The fourth-order valence-corrected chi connectivity index (χ4v) is 4.80. The van der Waals surface area contributed by atoms with Gasteiger partial charge >= 0.3 is 0 Å². The van der Waals surface area contributed by atoms with Crippen LogP contribution in [0.3, 0.4) is 0 Å². The maximum absolute atomic E-state index is 6.25. The van der Waals surface area contributed by atoms with Crippen molar-refractivity contribution in [3.05, 3.63) is 40.9 Å². The molecule has 2 fully saturated rings. The third-order valence-corrected chi connectivity index (χ3v) is 6.70. The topological polar surface area (TPSA) is 47.3 Å². The molecule has 6 heteroatoms. The summed E-state index contributed by atoms with van der Waals surface area (Å²) in [5.41, 5.74) is 1.03. The largest absolute Gasteiger partial charge is 0.433 e. The zero-order chi connectivity index (χ0) is 18.5. The van der Waals surface area contributed by atoms with Gasteiger partial charge in [0.05, 0.1) is 0 Å². The third kappa shape index (κ3) is 5.29. The summed E-state index contributed by atoms with van der Waals surface area (Å²) < 4.78 is 11.7. The van der Waals surface area contributed by atoms with E-state index >= 15 is 0 Å². The average molecular weight is 407 g/mol. The monoisotopic (exact) mass is 406 g/mol. The molecular formula is C21H27ClN2O2S. The Bertz CT molecular complexity index is 722. The van der Waals surface area contributed by atoms with Gasteiger partial charge in [0, 0.05) is 41.6 Å². The summed E-state index contributed by atoms with van der Waals surface area (Å²) in [6, 6.07) is 8.50. The van der Waals surface area contributed by atoms with Crippen molar-refractivity contribution in [2.45, 2.75) is 73.4 Å². The first-order chi connectivity index (χ1) is 13.3. The van der Waals surface area contributed by atoms with Crippen LogP contribution < -0.4 is 5.32 Å². The molecule has 27 heavy (non-hydrogen) atoms. The second kappa shape index (κ2) is 9.46. The Morgan fingerprint density at radius 3 is 2.52 bits per heavy atom. The van der Waals surface area contributed by atoms with E-state index in [-0.39, 0.29) is 0 Å². The van der Waals surface area contributed by atoms with Crippen LogP contribution in [0.5, 0.6) is 0 Å². The lowest BCUT2D eigenvalue weighted by atomic mass is 9.95. The maximum Gasteiger partial charge on any atom is 0.199 e. The van der Waals surface area contributed by atoms with Crippen LogP contribution in [-0.4, -0.2) is 24.2 Å². The van der Waals surface area contributed by atoms with E-state index in [0.29, 0.717) is 12.0 Å². The molecule has 1 N–H and O–H groups in total. The van der Waals surface area contributed by atoms with E-state index in [2.05, 4.69) is 5.32 Å². The molecule has 1 aromatic heterocycles. The number of hydrogen-bond donors (Lipinski definition) is 1. The fraction of sp³-hybridized carbons (Fsp3) is 0.571. The third-order valence-electron chi connectivity index (χ3n) is 5.44. The molecule has 1 saturated carbocycles. The lowest BCUT2D eigenvalue weighted by Crippen LogP contribution is -2.30. The molecule has 4 nitrogen and oxygen atoms in total. The molecule has 146 valence electrons. The summed E-state index contributed by atoms with van der Waals surface area (Å²) in [6.45, 7) is 2.36. The van der Waals surface area contributed by atoms with Gasteiger partial charge in [0.2, 0.25) is 0 Å². The van der Waals surface area contributed by atoms with Gasteiger partial charge in [-0.3, -0.25) is 0 Å². The number of benzene rings is 1. The van der Waals surface area contributed by atoms with E-state index in [1.54, 1.807) is 11.8 Å². The van der Waals surface area contributed by atoms with E-state index in [4.69, 9.17) is 25.7 Å². The van der Waals surface area contributed by atoms with Gasteiger partial charge in [0.1, 0.15) is 5.69 Å². The van der Waals surface area contributed by atoms with Crippen molar-refractivity contribution in [1.29, 1.82) is 0 Å². The van der Waals surface area contributed by atoms with Crippen LogP contribution in [0.25, 0.3) is 0 Å². The van der Waals surface area contributed by atoms with Crippen molar-refractivity contribution in [3.8, 4) is 0 Å². The molecule has 0 unspecified atom stereocenters. The van der Waals surface area contributed by atoms with Gasteiger partial charge in [-0.05, 0) is 49.9 Å². The minimum Gasteiger partial charge on any atom is -0.433 e. The lowest BCUT2D eigenvalue weighted by Gasteiger charge is -2.22. The number of aromatic nitrogens is 1. The molecule has 0 spiro atoms. The van der Waals surface area contributed by atoms with Gasteiger partial charge in [0.15, 0.2) is 11.0 Å². The number of rotatable bonds is 6. The molecule has 2 aromatic rings. The van der Waals surface area contributed by atoms with Gasteiger partial charge in [0.25, 0.3) is 0 Å². The highest BCUT2D eigenvalue weighted by molar-refractivity contribution is 7.99. The number of halogens is 1. The molecule has 1 aromatic carbocycles. The molecule has 1 aliphatic carbocycles. The summed E-state index contributed by atoms with van der Waals surface area (Å²) in [6.07, 6.45) is 8.54. The Morgan fingerprint density at radius 1 is 1.04 bits per heavy atom. The summed E-state index contributed by atoms with van der Waals surface area (Å²) in [7, 11) is 0. The first-order valence-electron chi connectivity index (χ1n) is 10.0. The lowest BCUT2D eigenvalue weighted by molar-refractivity contribution is 0.0786. The van der Waals surface area contributed by atoms with Crippen LogP contribution in [0.1, 0.15) is 62.4 Å². The fourth-order valence-electron chi connectivity index (χ4n) is 3.82. The van der Waals surface area contributed by atoms with Gasteiger partial charge in [-0.15, -0.1) is 0 Å². The molecule has 0 radical (unpaired) electrons. The molecule has 1 aliphatic heterocycles. The Labute approximate surface area is 170 Å². The molecule has 0 bridgehead atoms. The first kappa shape index (κ1) is 19.3. The van der Waals surface area contributed by atoms with Crippen LogP contribution in [0, 0.1) is 0 Å². The second-order valence-electron chi connectivity index (χ2n) is 7.44. The highest BCUT2D eigenvalue weighted by Gasteiger charge is 2.24. The SMILES string of the molecule is Clc1ccc(Sc2oc(C3CCOCC3)nc2CNC2CCCCC2)cc1. The van der Waals surface area contributed by atoms with E-state index in [0.717, 1.165) is 59.2 Å². The summed E-state index contributed by atoms with van der Waals surface area (Å²) >= 11 is 7.66. The number of hydrogen-bond acceptors (Lipinski definition) is 5. The zero-order valence-electron chi connectivity index (χ0n) is 15.6. The van der Waals surface area contributed by atoms with Crippen LogP contribution >= 0.6 is 23.4 Å². The standard InChI is InChI=1S/C21H27ClN2O2S/c22-16-6-8-18(9-7-16)27-21-19(14-23-17-4-2-1-3-5-17)24-20(26-21)15-10-12-25-13-11-15/h6-9,15,17,23H,1-5,10-14H2. The van der Waals surface area contributed by atoms with Crippen molar-refractivity contribution < 1.29 is 9.15 Å². The summed E-state index contributed by atoms with van der Waals surface area (Å²) in [4.78, 5) is 6.02. The number of nitrogens with zero attached hydrogens (tertiary/aromatic N) is 1. The molecule has 1 saturated heterocycles. The molecule has 0 atom stereocenters. The summed E-state index contributed by atoms with van der Waals surface area (Å²) in [5.74, 6) is 1.24. The Morgan fingerprint density at radius 2 is 1.78 bits per heavy atom. The average Bonchev–Trinajstić information content (AvgIpc) is 3.12. The number of ether oxygens (including phenoxy) is 1. The maximum atomic E-state index is 6.25. The van der Waals surface area contributed by atoms with Crippen molar-refractivity contribution in [2.75, 3.05) is 13.2 Å². The van der Waals surface area contributed by atoms with Crippen molar-refractivity contribution in [1.82, 2.24) is 10.3 Å². The highest BCUT2D eigenvalue weighted by Crippen LogP contribution is 2.36. The molecule has 0 amide bonds. The quantitative estimate of drug-likeness (QED) is 0.657. The molecular weight excluding hydrogens is 380 g/mol. The normalized spacial score (nSPS) is 19.4. The van der Waals surface area contributed by atoms with Gasteiger partial charge in [-0.2, -0.15) is 0 Å². The molecule has 2 aliphatic rings. The summed E-state index contributed by atoms with van der Waals surface area (Å²) in [5, 5.41) is 5.36. The number of nitrogens with one attached hydrogen (secondary N) is 1. The molecule has 2 heterocycles. The van der Waals surface area contributed by atoms with Crippen LogP contribution in [-0.2, 0) is 11.3 Å². The van der Waals surface area contributed by atoms with Crippen LogP contribution in [0.4, 0.5) is 0 Å². The minimum absolute atomic E-state index is 0.367. The highest BCUT2D eigenvalue weighted by atomic mass is 35.5. The zero-order valence-corrected chi connectivity index (χ0v) is 17.2. The van der Waals surface area contributed by atoms with Gasteiger partial charge < -0.3 is 14.5 Å². The van der Waals surface area contributed by atoms with Crippen LogP contribution in [0.15, 0.2) is 38.7 Å². The van der Waals surface area contributed by atoms with Crippen molar-refractivity contribution >= 4 is 23.4 Å². The predicted molar refractivity (Wildman–Crippen MR) is 109 cm³/mol. The van der Waals surface area contributed by atoms with Gasteiger partial charge in [-0.1, -0.05) is 42.6 Å². The van der Waals surface area contributed by atoms with Crippen molar-refractivity contribution in [2.24, 2.45) is 0 Å². The Kier molecular flexibility index (Phi) is 6.77. The second-order valence-corrected chi connectivity index (χ2v) is 8.93. The molecule has 4 rings (SSSR count). The minimum atomic E-state index is 0.367. The van der Waals surface area contributed by atoms with E-state index in [1.807, 2.05) is 24.3 Å². The Hall–Kier alpha value is -1.01. The van der Waals surface area contributed by atoms with E-state index in [1.165, 1.54) is 32.1 Å². The number of oxazole rings is 1. The predicted octanol–water partition coefficient (Wildman–Crippen LogP) is 5.80. The van der Waals surface area contributed by atoms with Gasteiger partial charge in [-0.25, -0.2) is 4.98 Å². The first-order valence-corrected chi connectivity index (χ1v) is 11.2. The van der Waals surface area contributed by atoms with Crippen molar-refractivity contribution in [3.63, 3.8) is 0 Å². The van der Waals surface area contributed by atoms with Crippen LogP contribution in [0.2, 0.25) is 5.02 Å². The Balaban J connectivity index is 1.50. The van der Waals surface area contributed by atoms with E-state index in [9.17, 15) is 0 Å².